The molecule has 0 bridgehead atoms. The highest BCUT2D eigenvalue weighted by molar-refractivity contribution is 5.77. The van der Waals surface area contributed by atoms with E-state index in [1.54, 1.807) is 0 Å². The van der Waals surface area contributed by atoms with E-state index in [2.05, 4.69) is 86.8 Å². The van der Waals surface area contributed by atoms with Gasteiger partial charge in [0.25, 0.3) is 0 Å². The number of aliphatic hydroxyl groups excluding tert-OH is 2. The Kier molecular flexibility index (Phi) is 50.7. The summed E-state index contributed by atoms with van der Waals surface area (Å²) in [5.41, 5.74) is 0. The number of esters is 1. The second-order valence-corrected chi connectivity index (χ2v) is 18.4. The lowest BCUT2D eigenvalue weighted by molar-refractivity contribution is -0.151. The normalized spacial score (nSPS) is 14.0. The monoisotopic (exact) mass is 930 g/mol. The van der Waals surface area contributed by atoms with Gasteiger partial charge >= 0.3 is 5.97 Å². The standard InChI is InChI=1S/C61H103NO5/c1-4-7-10-13-16-19-22-25-27-29-30-31-33-36-39-42-45-48-51-54-61(66)67-57(52-49-46-43-40-37-34-24-21-18-15-12-9-6-3)55-60(65)62-58(56-63)59(64)53-50-47-44-41-38-35-32-28-26-23-20-17-14-11-8-5-2/h9,12,15-16,18-19,21,24-25,27,30-31,34,36-37,39-40,43,57-59,63-64H,4-8,10-11,13-14,17,20,22-23,26,28-29,32-33,35,38,41-42,44-56H2,1-3H3,(H,62,65)/b12-9+,18-15+,19-16-,24-21-,27-25-,31-30-,37-34-,39-36-,43-40+. The van der Waals surface area contributed by atoms with E-state index in [4.69, 9.17) is 4.74 Å². The molecule has 0 heterocycles. The summed E-state index contributed by atoms with van der Waals surface area (Å²) >= 11 is 0. The molecule has 3 atom stereocenters. The van der Waals surface area contributed by atoms with E-state index in [1.165, 1.54) is 109 Å². The maximum atomic E-state index is 13.2. The fraction of sp³-hybridized carbons (Fsp3) is 0.672. The fourth-order valence-corrected chi connectivity index (χ4v) is 7.79. The summed E-state index contributed by atoms with van der Waals surface area (Å²) in [6.45, 7) is 6.29. The van der Waals surface area contributed by atoms with Crippen LogP contribution in [0.3, 0.4) is 0 Å². The van der Waals surface area contributed by atoms with Crippen LogP contribution < -0.4 is 5.32 Å². The van der Waals surface area contributed by atoms with Gasteiger partial charge in [-0.1, -0.05) is 252 Å². The fourth-order valence-electron chi connectivity index (χ4n) is 7.79. The molecule has 3 N–H and O–H groups in total. The van der Waals surface area contributed by atoms with Crippen molar-refractivity contribution in [3.8, 4) is 0 Å². The highest BCUT2D eigenvalue weighted by atomic mass is 16.5. The largest absolute Gasteiger partial charge is 0.462 e. The van der Waals surface area contributed by atoms with Crippen molar-refractivity contribution < 1.29 is 24.5 Å². The number of unbranched alkanes of at least 4 members (excludes halogenated alkanes) is 22. The number of ether oxygens (including phenoxy) is 1. The van der Waals surface area contributed by atoms with Crippen molar-refractivity contribution in [2.45, 2.75) is 257 Å². The van der Waals surface area contributed by atoms with Gasteiger partial charge < -0.3 is 20.3 Å². The smallest absolute Gasteiger partial charge is 0.306 e. The van der Waals surface area contributed by atoms with Gasteiger partial charge in [0, 0.05) is 6.42 Å². The predicted molar refractivity (Wildman–Crippen MR) is 291 cm³/mol. The summed E-state index contributed by atoms with van der Waals surface area (Å²) < 4.78 is 5.89. The highest BCUT2D eigenvalue weighted by Crippen LogP contribution is 2.17. The Balaban J connectivity index is 4.68. The van der Waals surface area contributed by atoms with Gasteiger partial charge in [0.1, 0.15) is 6.10 Å². The Labute approximate surface area is 413 Å². The SMILES string of the molecule is CC/C=C/C=C/C=C\C=C/C=C/CCCC(CC(=O)NC(CO)C(O)CCCCCCCCCCCCCCCCCC)OC(=O)CCCCC/C=C\C/C=C\C/C=C\C/C=C\CCCCC. The van der Waals surface area contributed by atoms with Crippen LogP contribution in [0.15, 0.2) is 109 Å². The van der Waals surface area contributed by atoms with E-state index in [-0.39, 0.29) is 24.9 Å². The molecule has 0 fully saturated rings. The van der Waals surface area contributed by atoms with Gasteiger partial charge in [-0.15, -0.1) is 0 Å². The number of carbonyl (C=O) groups excluding carboxylic acids is 2. The number of rotatable bonds is 48. The number of carbonyl (C=O) groups is 2. The van der Waals surface area contributed by atoms with E-state index >= 15 is 0 Å². The van der Waals surface area contributed by atoms with E-state index in [9.17, 15) is 19.8 Å². The van der Waals surface area contributed by atoms with Crippen LogP contribution in [0, 0.1) is 0 Å². The molecule has 0 aromatic heterocycles. The van der Waals surface area contributed by atoms with Gasteiger partial charge in [0.05, 0.1) is 25.2 Å². The van der Waals surface area contributed by atoms with Crippen molar-refractivity contribution in [1.82, 2.24) is 5.32 Å². The van der Waals surface area contributed by atoms with Crippen molar-refractivity contribution in [2.24, 2.45) is 0 Å². The molecule has 6 nitrogen and oxygen atoms in total. The van der Waals surface area contributed by atoms with Crippen LogP contribution in [-0.4, -0.2) is 46.9 Å². The van der Waals surface area contributed by atoms with Crippen molar-refractivity contribution in [2.75, 3.05) is 6.61 Å². The third-order valence-corrected chi connectivity index (χ3v) is 12.0. The van der Waals surface area contributed by atoms with Crippen molar-refractivity contribution in [3.05, 3.63) is 109 Å². The van der Waals surface area contributed by atoms with Gasteiger partial charge in [-0.2, -0.15) is 0 Å². The first-order valence-corrected chi connectivity index (χ1v) is 27.7. The zero-order valence-corrected chi connectivity index (χ0v) is 43.5. The predicted octanol–water partition coefficient (Wildman–Crippen LogP) is 17.1. The lowest BCUT2D eigenvalue weighted by atomic mass is 10.0. The molecule has 0 aromatic carbocycles. The maximum Gasteiger partial charge on any atom is 0.306 e. The summed E-state index contributed by atoms with van der Waals surface area (Å²) in [7, 11) is 0. The number of amides is 1. The van der Waals surface area contributed by atoms with Gasteiger partial charge in [-0.05, 0) is 83.5 Å². The Morgan fingerprint density at radius 2 is 0.881 bits per heavy atom. The average Bonchev–Trinajstić information content (AvgIpc) is 3.32. The Morgan fingerprint density at radius 1 is 0.463 bits per heavy atom. The Hall–Kier alpha value is -3.48. The maximum absolute atomic E-state index is 13.2. The Bertz CT molecular complexity index is 1370. The lowest BCUT2D eigenvalue weighted by Gasteiger charge is -2.24. The van der Waals surface area contributed by atoms with Crippen LogP contribution in [0.5, 0.6) is 0 Å². The van der Waals surface area contributed by atoms with Crippen LogP contribution in [0.25, 0.3) is 0 Å². The first-order valence-electron chi connectivity index (χ1n) is 27.7. The molecule has 0 rings (SSSR count). The van der Waals surface area contributed by atoms with Gasteiger partial charge in [-0.25, -0.2) is 0 Å². The molecule has 6 heteroatoms. The molecule has 0 saturated carbocycles. The van der Waals surface area contributed by atoms with Crippen LogP contribution in [0.2, 0.25) is 0 Å². The zero-order valence-electron chi connectivity index (χ0n) is 43.5. The van der Waals surface area contributed by atoms with Crippen molar-refractivity contribution in [3.63, 3.8) is 0 Å². The molecule has 0 saturated heterocycles. The minimum atomic E-state index is -0.820. The number of aliphatic hydroxyl groups is 2. The minimum absolute atomic E-state index is 0.00937. The second-order valence-electron chi connectivity index (χ2n) is 18.4. The molecular weight excluding hydrogens is 827 g/mol. The number of allylic oxidation sites excluding steroid dienone is 18. The first-order chi connectivity index (χ1) is 33.0. The molecule has 67 heavy (non-hydrogen) atoms. The first kappa shape index (κ1) is 63.5. The second kappa shape index (κ2) is 53.5. The van der Waals surface area contributed by atoms with Gasteiger partial charge in [0.2, 0.25) is 5.91 Å². The van der Waals surface area contributed by atoms with Crippen LogP contribution >= 0.6 is 0 Å². The number of hydrogen-bond acceptors (Lipinski definition) is 5. The van der Waals surface area contributed by atoms with Crippen LogP contribution in [-0.2, 0) is 14.3 Å². The van der Waals surface area contributed by atoms with E-state index < -0.39 is 18.2 Å². The molecule has 0 radical (unpaired) electrons. The Morgan fingerprint density at radius 3 is 1.39 bits per heavy atom. The topological polar surface area (TPSA) is 95.9 Å². The summed E-state index contributed by atoms with van der Waals surface area (Å²) in [6.07, 6.45) is 73.0. The number of hydrogen-bond donors (Lipinski definition) is 3. The zero-order chi connectivity index (χ0) is 48.8. The third-order valence-electron chi connectivity index (χ3n) is 12.0. The summed E-state index contributed by atoms with van der Waals surface area (Å²) in [5.74, 6) is -0.589. The van der Waals surface area contributed by atoms with E-state index in [0.29, 0.717) is 19.3 Å². The molecule has 1 amide bonds. The molecule has 0 aromatic rings. The number of nitrogens with one attached hydrogen (secondary N) is 1. The summed E-state index contributed by atoms with van der Waals surface area (Å²) in [4.78, 5) is 26.2. The summed E-state index contributed by atoms with van der Waals surface area (Å²) in [5, 5.41) is 23.8. The molecule has 0 aliphatic carbocycles. The van der Waals surface area contributed by atoms with Gasteiger partial charge in [0.15, 0.2) is 0 Å². The molecular formula is C61H103NO5. The van der Waals surface area contributed by atoms with Crippen LogP contribution in [0.4, 0.5) is 0 Å². The molecule has 0 aliphatic rings. The van der Waals surface area contributed by atoms with Crippen molar-refractivity contribution in [1.29, 1.82) is 0 Å². The quantitative estimate of drug-likeness (QED) is 0.0244. The minimum Gasteiger partial charge on any atom is -0.462 e. The van der Waals surface area contributed by atoms with Crippen LogP contribution in [0.1, 0.15) is 239 Å². The molecule has 0 aliphatic heterocycles. The molecule has 3 unspecified atom stereocenters. The highest BCUT2D eigenvalue weighted by Gasteiger charge is 2.24. The summed E-state index contributed by atoms with van der Waals surface area (Å²) in [6, 6.07) is -0.739. The molecule has 0 spiro atoms. The van der Waals surface area contributed by atoms with E-state index in [0.717, 1.165) is 83.5 Å². The average molecular weight is 930 g/mol. The lowest BCUT2D eigenvalue weighted by Crippen LogP contribution is -2.46. The van der Waals surface area contributed by atoms with Crippen molar-refractivity contribution >= 4 is 11.9 Å². The van der Waals surface area contributed by atoms with Gasteiger partial charge in [-0.3, -0.25) is 9.59 Å². The third kappa shape index (κ3) is 48.8. The molecule has 382 valence electrons. The van der Waals surface area contributed by atoms with E-state index in [1.807, 2.05) is 48.6 Å².